The molecule has 35 heavy (non-hydrogen) atoms. The fourth-order valence-corrected chi connectivity index (χ4v) is 4.17. The predicted octanol–water partition coefficient (Wildman–Crippen LogP) is 4.76. The molecule has 3 aromatic rings. The van der Waals surface area contributed by atoms with Gasteiger partial charge in [0.2, 0.25) is 5.88 Å². The number of methoxy groups -OCH3 is 1. The molecule has 0 spiro atoms. The molecule has 1 saturated carbocycles. The number of aryl methyl sites for hydroxylation is 1. The van der Waals surface area contributed by atoms with Crippen LogP contribution in [0.4, 0.5) is 0 Å². The molecule has 1 fully saturated rings. The van der Waals surface area contributed by atoms with Crippen LogP contribution in [0.25, 0.3) is 5.69 Å². The van der Waals surface area contributed by atoms with Crippen molar-refractivity contribution in [2.24, 2.45) is 0 Å². The van der Waals surface area contributed by atoms with Crippen LogP contribution in [0.2, 0.25) is 0 Å². The number of aliphatic hydroxyl groups is 1. The van der Waals surface area contributed by atoms with Crippen LogP contribution in [0.5, 0.6) is 17.4 Å². The van der Waals surface area contributed by atoms with Crippen LogP contribution in [0.3, 0.4) is 0 Å². The zero-order valence-corrected chi connectivity index (χ0v) is 20.6. The van der Waals surface area contributed by atoms with Crippen molar-refractivity contribution in [3.63, 3.8) is 0 Å². The number of para-hydroxylation sites is 3. The van der Waals surface area contributed by atoms with Crippen molar-refractivity contribution in [3.8, 4) is 23.1 Å². The molecule has 2 aromatic carbocycles. The summed E-state index contributed by atoms with van der Waals surface area (Å²) in [5, 5.41) is 15.6. The third-order valence-electron chi connectivity index (χ3n) is 6.05. The van der Waals surface area contributed by atoms with Gasteiger partial charge in [-0.3, -0.25) is 4.90 Å². The largest absolute Gasteiger partial charge is 0.493 e. The van der Waals surface area contributed by atoms with Gasteiger partial charge < -0.3 is 19.3 Å². The summed E-state index contributed by atoms with van der Waals surface area (Å²) in [5.74, 6) is 1.96. The van der Waals surface area contributed by atoms with Gasteiger partial charge in [-0.25, -0.2) is 4.68 Å². The average Bonchev–Trinajstić information content (AvgIpc) is 3.68. The van der Waals surface area contributed by atoms with Crippen LogP contribution in [-0.4, -0.2) is 58.8 Å². The average molecular weight is 478 g/mol. The van der Waals surface area contributed by atoms with E-state index < -0.39 is 6.10 Å². The minimum Gasteiger partial charge on any atom is -0.493 e. The van der Waals surface area contributed by atoms with E-state index in [1.807, 2.05) is 59.3 Å². The standard InChI is InChI=1S/C28H35N3O4/c1-4-17-34-20-23(32)18-30(21-15-16-21)19-24-25(5-2)29-31(22-11-7-6-8-12-22)28(24)35-27-14-10-9-13-26(27)33-3/h4,6-14,21,23,32H,1,5,15-20H2,2-3H3/t23-/m1/s1. The Kier molecular flexibility index (Phi) is 8.58. The Labute approximate surface area is 207 Å². The number of aliphatic hydroxyl groups excluding tert-OH is 1. The van der Waals surface area contributed by atoms with E-state index in [9.17, 15) is 5.11 Å². The Hall–Kier alpha value is -3.13. The van der Waals surface area contributed by atoms with Crippen molar-refractivity contribution in [1.82, 2.24) is 14.7 Å². The SMILES string of the molecule is C=CCOC[C@H](O)CN(Cc1c(CC)nn(-c2ccccc2)c1Oc1ccccc1OC)C1CC1. The molecule has 1 atom stereocenters. The second kappa shape index (κ2) is 12.0. The highest BCUT2D eigenvalue weighted by molar-refractivity contribution is 5.47. The highest BCUT2D eigenvalue weighted by Gasteiger charge is 2.33. The summed E-state index contributed by atoms with van der Waals surface area (Å²) < 4.78 is 19.4. The molecule has 4 rings (SSSR count). The fraction of sp³-hybridized carbons (Fsp3) is 0.393. The molecule has 1 aliphatic carbocycles. The van der Waals surface area contributed by atoms with Gasteiger partial charge in [0.05, 0.1) is 43.4 Å². The third-order valence-corrected chi connectivity index (χ3v) is 6.05. The topological polar surface area (TPSA) is 69.0 Å². The van der Waals surface area contributed by atoms with Crippen LogP contribution in [0.15, 0.2) is 67.3 Å². The molecular formula is C28H35N3O4. The second-order valence-electron chi connectivity index (χ2n) is 8.72. The van der Waals surface area contributed by atoms with Crippen LogP contribution < -0.4 is 9.47 Å². The number of hydrogen-bond acceptors (Lipinski definition) is 6. The molecule has 1 N–H and O–H groups in total. The Morgan fingerprint density at radius 3 is 2.51 bits per heavy atom. The Balaban J connectivity index is 1.69. The maximum absolute atomic E-state index is 10.6. The first-order valence-electron chi connectivity index (χ1n) is 12.2. The molecule has 0 unspecified atom stereocenters. The summed E-state index contributed by atoms with van der Waals surface area (Å²) in [7, 11) is 1.64. The van der Waals surface area contributed by atoms with Crippen molar-refractivity contribution >= 4 is 0 Å². The predicted molar refractivity (Wildman–Crippen MR) is 136 cm³/mol. The quantitative estimate of drug-likeness (QED) is 0.267. The van der Waals surface area contributed by atoms with Crippen molar-refractivity contribution in [2.45, 2.75) is 44.9 Å². The number of rotatable bonds is 14. The molecule has 7 nitrogen and oxygen atoms in total. The number of benzene rings is 2. The van der Waals surface area contributed by atoms with E-state index in [0.717, 1.165) is 36.2 Å². The lowest BCUT2D eigenvalue weighted by molar-refractivity contribution is 0.0226. The van der Waals surface area contributed by atoms with Gasteiger partial charge in [-0.1, -0.05) is 43.3 Å². The van der Waals surface area contributed by atoms with Gasteiger partial charge in [0.15, 0.2) is 11.5 Å². The van der Waals surface area contributed by atoms with Crippen molar-refractivity contribution in [1.29, 1.82) is 0 Å². The van der Waals surface area contributed by atoms with E-state index in [0.29, 0.717) is 43.1 Å². The fourth-order valence-electron chi connectivity index (χ4n) is 4.17. The summed E-state index contributed by atoms with van der Waals surface area (Å²) >= 11 is 0. The molecule has 0 radical (unpaired) electrons. The maximum atomic E-state index is 10.6. The Morgan fingerprint density at radius 2 is 1.86 bits per heavy atom. The van der Waals surface area contributed by atoms with Crippen LogP contribution in [0.1, 0.15) is 31.0 Å². The lowest BCUT2D eigenvalue weighted by Crippen LogP contribution is -2.36. The summed E-state index contributed by atoms with van der Waals surface area (Å²) in [5.41, 5.74) is 2.92. The molecule has 0 saturated heterocycles. The number of nitrogens with zero attached hydrogens (tertiary/aromatic N) is 3. The smallest absolute Gasteiger partial charge is 0.227 e. The van der Waals surface area contributed by atoms with Crippen molar-refractivity contribution in [2.75, 3.05) is 26.9 Å². The minimum atomic E-state index is -0.580. The second-order valence-corrected chi connectivity index (χ2v) is 8.72. The molecule has 0 aliphatic heterocycles. The van der Waals surface area contributed by atoms with E-state index in [1.165, 1.54) is 0 Å². The summed E-state index contributed by atoms with van der Waals surface area (Å²) in [6, 6.07) is 18.1. The van der Waals surface area contributed by atoms with Gasteiger partial charge >= 0.3 is 0 Å². The molecule has 186 valence electrons. The van der Waals surface area contributed by atoms with Gasteiger partial charge in [-0.15, -0.1) is 6.58 Å². The zero-order valence-electron chi connectivity index (χ0n) is 20.6. The molecule has 0 bridgehead atoms. The van der Waals surface area contributed by atoms with E-state index in [4.69, 9.17) is 19.3 Å². The zero-order chi connectivity index (χ0) is 24.6. The minimum absolute atomic E-state index is 0.281. The van der Waals surface area contributed by atoms with E-state index in [2.05, 4.69) is 18.4 Å². The highest BCUT2D eigenvalue weighted by atomic mass is 16.5. The normalized spacial score (nSPS) is 14.2. The lowest BCUT2D eigenvalue weighted by atomic mass is 10.1. The lowest BCUT2D eigenvalue weighted by Gasteiger charge is -2.25. The van der Waals surface area contributed by atoms with E-state index >= 15 is 0 Å². The first kappa shape index (κ1) is 25.0. The summed E-state index contributed by atoms with van der Waals surface area (Å²) in [4.78, 5) is 2.32. The van der Waals surface area contributed by atoms with Gasteiger partial charge in [-0.2, -0.15) is 5.10 Å². The van der Waals surface area contributed by atoms with Gasteiger partial charge in [0, 0.05) is 19.1 Å². The summed E-state index contributed by atoms with van der Waals surface area (Å²) in [6.07, 6.45) is 4.12. The third kappa shape index (κ3) is 6.31. The Bertz CT molecular complexity index is 1090. The van der Waals surface area contributed by atoms with Crippen LogP contribution >= 0.6 is 0 Å². The van der Waals surface area contributed by atoms with Gasteiger partial charge in [0.25, 0.3) is 0 Å². The van der Waals surface area contributed by atoms with E-state index in [-0.39, 0.29) is 6.61 Å². The maximum Gasteiger partial charge on any atom is 0.227 e. The monoisotopic (exact) mass is 477 g/mol. The van der Waals surface area contributed by atoms with E-state index in [1.54, 1.807) is 13.2 Å². The van der Waals surface area contributed by atoms with Gasteiger partial charge in [-0.05, 0) is 43.5 Å². The van der Waals surface area contributed by atoms with Crippen LogP contribution in [0, 0.1) is 0 Å². The van der Waals surface area contributed by atoms with Crippen LogP contribution in [-0.2, 0) is 17.7 Å². The Morgan fingerprint density at radius 1 is 1.14 bits per heavy atom. The molecule has 0 amide bonds. The molecule has 1 heterocycles. The van der Waals surface area contributed by atoms with Crippen molar-refractivity contribution < 1.29 is 19.3 Å². The molecule has 1 aliphatic rings. The number of hydrogen-bond donors (Lipinski definition) is 1. The summed E-state index contributed by atoms with van der Waals surface area (Å²) in [6.45, 7) is 7.64. The molecular weight excluding hydrogens is 442 g/mol. The molecule has 1 aromatic heterocycles. The number of aromatic nitrogens is 2. The van der Waals surface area contributed by atoms with Gasteiger partial charge in [0.1, 0.15) is 0 Å². The first-order chi connectivity index (χ1) is 17.1. The highest BCUT2D eigenvalue weighted by Crippen LogP contribution is 2.38. The van der Waals surface area contributed by atoms with Crippen molar-refractivity contribution in [3.05, 3.63) is 78.5 Å². The first-order valence-corrected chi connectivity index (χ1v) is 12.2. The molecule has 7 heteroatoms. The number of ether oxygens (including phenoxy) is 3.